The minimum absolute atomic E-state index is 0.00820. The first-order valence-corrected chi connectivity index (χ1v) is 12.4. The number of aryl methyl sites for hydroxylation is 3. The molecule has 160 valence electrons. The van der Waals surface area contributed by atoms with Gasteiger partial charge in [-0.2, -0.15) is 11.8 Å². The molecule has 1 aromatic carbocycles. The summed E-state index contributed by atoms with van der Waals surface area (Å²) in [5.41, 5.74) is 3.15. The molecule has 0 aliphatic heterocycles. The maximum absolute atomic E-state index is 12.5. The van der Waals surface area contributed by atoms with E-state index in [0.717, 1.165) is 46.3 Å². The second kappa shape index (κ2) is 8.47. The topological polar surface area (TPSA) is 92.7 Å². The van der Waals surface area contributed by atoms with Crippen LogP contribution in [0.3, 0.4) is 0 Å². The van der Waals surface area contributed by atoms with Crippen LogP contribution in [0.25, 0.3) is 21.3 Å². The standard InChI is InChI=1S/C22H23N5O2S2/c1-27-15-7-3-2-6-14(15)24-18(27)11-23-19(28)9-10-30-12-17-25-21(29)20-13-5-4-8-16(13)31-22(20)26-17/h2-3,6-7H,4-5,8-12H2,1H3,(H,23,28)(H,25,26,29). The number of benzene rings is 1. The molecule has 1 aliphatic carbocycles. The van der Waals surface area contributed by atoms with Crippen LogP contribution in [0, 0.1) is 0 Å². The number of hydrogen-bond acceptors (Lipinski definition) is 6. The lowest BCUT2D eigenvalue weighted by Gasteiger charge is -2.06. The average molecular weight is 454 g/mol. The van der Waals surface area contributed by atoms with Crippen molar-refractivity contribution in [2.24, 2.45) is 7.05 Å². The van der Waals surface area contributed by atoms with Crippen LogP contribution in [0.2, 0.25) is 0 Å². The third-order valence-electron chi connectivity index (χ3n) is 5.66. The average Bonchev–Trinajstić information content (AvgIpc) is 3.43. The number of fused-ring (bicyclic) bond motifs is 4. The largest absolute Gasteiger partial charge is 0.349 e. The van der Waals surface area contributed by atoms with Crippen molar-refractivity contribution in [1.82, 2.24) is 24.8 Å². The van der Waals surface area contributed by atoms with E-state index in [-0.39, 0.29) is 11.5 Å². The Morgan fingerprint density at radius 1 is 1.29 bits per heavy atom. The lowest BCUT2D eigenvalue weighted by Crippen LogP contribution is -2.24. The number of aromatic nitrogens is 4. The summed E-state index contributed by atoms with van der Waals surface area (Å²) in [6.07, 6.45) is 3.59. The molecule has 0 spiro atoms. The summed E-state index contributed by atoms with van der Waals surface area (Å²) >= 11 is 3.26. The lowest BCUT2D eigenvalue weighted by molar-refractivity contribution is -0.120. The van der Waals surface area contributed by atoms with Gasteiger partial charge in [-0.15, -0.1) is 11.3 Å². The number of amides is 1. The zero-order chi connectivity index (χ0) is 21.4. The number of rotatable bonds is 7. The normalized spacial score (nSPS) is 13.2. The molecule has 3 heterocycles. The van der Waals surface area contributed by atoms with Gasteiger partial charge in [-0.3, -0.25) is 9.59 Å². The highest BCUT2D eigenvalue weighted by Gasteiger charge is 2.21. The summed E-state index contributed by atoms with van der Waals surface area (Å²) in [6, 6.07) is 7.93. The Balaban J connectivity index is 1.12. The van der Waals surface area contributed by atoms with E-state index in [4.69, 9.17) is 0 Å². The van der Waals surface area contributed by atoms with Gasteiger partial charge in [0, 0.05) is 24.1 Å². The maximum atomic E-state index is 12.5. The van der Waals surface area contributed by atoms with Crippen molar-refractivity contribution in [2.75, 3.05) is 5.75 Å². The molecule has 0 radical (unpaired) electrons. The predicted molar refractivity (Wildman–Crippen MR) is 126 cm³/mol. The van der Waals surface area contributed by atoms with E-state index in [0.29, 0.717) is 30.3 Å². The smallest absolute Gasteiger partial charge is 0.259 e. The molecule has 7 nitrogen and oxygen atoms in total. The highest BCUT2D eigenvalue weighted by atomic mass is 32.2. The molecule has 31 heavy (non-hydrogen) atoms. The number of aromatic amines is 1. The highest BCUT2D eigenvalue weighted by molar-refractivity contribution is 7.98. The van der Waals surface area contributed by atoms with Gasteiger partial charge >= 0.3 is 0 Å². The van der Waals surface area contributed by atoms with E-state index in [1.165, 1.54) is 10.4 Å². The van der Waals surface area contributed by atoms with Crippen LogP contribution in [-0.2, 0) is 37.0 Å². The number of nitrogens with zero attached hydrogens (tertiary/aromatic N) is 3. The van der Waals surface area contributed by atoms with Gasteiger partial charge in [-0.25, -0.2) is 9.97 Å². The van der Waals surface area contributed by atoms with Gasteiger partial charge < -0.3 is 14.9 Å². The number of para-hydroxylation sites is 2. The molecule has 0 unspecified atom stereocenters. The lowest BCUT2D eigenvalue weighted by atomic mass is 10.2. The fourth-order valence-electron chi connectivity index (χ4n) is 4.07. The number of thiophene rings is 1. The Labute approximate surface area is 187 Å². The van der Waals surface area contributed by atoms with E-state index < -0.39 is 0 Å². The second-order valence-electron chi connectivity index (χ2n) is 7.71. The van der Waals surface area contributed by atoms with Crippen molar-refractivity contribution in [3.8, 4) is 0 Å². The molecule has 9 heteroatoms. The van der Waals surface area contributed by atoms with Crippen LogP contribution < -0.4 is 10.9 Å². The molecule has 0 saturated carbocycles. The SMILES string of the molecule is Cn1c(CNC(=O)CCSCc2nc3sc4c(c3c(=O)[nH]2)CCC4)nc2ccccc21. The zero-order valence-corrected chi connectivity index (χ0v) is 18.9. The number of nitrogens with one attached hydrogen (secondary N) is 2. The quantitative estimate of drug-likeness (QED) is 0.419. The van der Waals surface area contributed by atoms with Crippen LogP contribution in [0.5, 0.6) is 0 Å². The molecule has 4 aromatic rings. The van der Waals surface area contributed by atoms with Crippen molar-refractivity contribution < 1.29 is 4.79 Å². The Kier molecular flexibility index (Phi) is 5.54. The number of carbonyl (C=O) groups is 1. The monoisotopic (exact) mass is 453 g/mol. The first-order valence-electron chi connectivity index (χ1n) is 10.4. The predicted octanol–water partition coefficient (Wildman–Crippen LogP) is 3.30. The van der Waals surface area contributed by atoms with Crippen LogP contribution in [-0.4, -0.2) is 31.2 Å². The van der Waals surface area contributed by atoms with Crippen LogP contribution in [0.4, 0.5) is 0 Å². The summed E-state index contributed by atoms with van der Waals surface area (Å²) in [5.74, 6) is 2.76. The number of imidazole rings is 1. The van der Waals surface area contributed by atoms with Gasteiger partial charge in [0.05, 0.1) is 28.7 Å². The Bertz CT molecular complexity index is 1340. The molecule has 5 rings (SSSR count). The van der Waals surface area contributed by atoms with Gasteiger partial charge in [-0.1, -0.05) is 12.1 Å². The van der Waals surface area contributed by atoms with Gasteiger partial charge in [0.1, 0.15) is 16.5 Å². The highest BCUT2D eigenvalue weighted by Crippen LogP contribution is 2.34. The van der Waals surface area contributed by atoms with E-state index in [1.807, 2.05) is 35.9 Å². The molecular weight excluding hydrogens is 430 g/mol. The number of hydrogen-bond donors (Lipinski definition) is 2. The number of carbonyl (C=O) groups excluding carboxylic acids is 1. The Morgan fingerprint density at radius 2 is 2.16 bits per heavy atom. The molecule has 1 aliphatic rings. The number of H-pyrrole nitrogens is 1. The molecule has 3 aromatic heterocycles. The van der Waals surface area contributed by atoms with Gasteiger partial charge in [0.2, 0.25) is 5.91 Å². The van der Waals surface area contributed by atoms with Crippen molar-refractivity contribution in [3.63, 3.8) is 0 Å². The Morgan fingerprint density at radius 3 is 3.03 bits per heavy atom. The first-order chi connectivity index (χ1) is 15.1. The van der Waals surface area contributed by atoms with E-state index in [2.05, 4.69) is 20.3 Å². The summed E-state index contributed by atoms with van der Waals surface area (Å²) in [4.78, 5) is 39.1. The van der Waals surface area contributed by atoms with E-state index in [1.54, 1.807) is 23.1 Å². The molecule has 0 fully saturated rings. The molecule has 0 saturated heterocycles. The summed E-state index contributed by atoms with van der Waals surface area (Å²) in [5, 5.41) is 3.73. The minimum atomic E-state index is -0.0276. The molecule has 2 N–H and O–H groups in total. The Hall–Kier alpha value is -2.65. The maximum Gasteiger partial charge on any atom is 0.259 e. The third-order valence-corrected chi connectivity index (χ3v) is 7.82. The summed E-state index contributed by atoms with van der Waals surface area (Å²) in [6.45, 7) is 0.406. The second-order valence-corrected chi connectivity index (χ2v) is 9.89. The fraction of sp³-hybridized carbons (Fsp3) is 0.364. The van der Waals surface area contributed by atoms with E-state index >= 15 is 0 Å². The summed E-state index contributed by atoms with van der Waals surface area (Å²) in [7, 11) is 1.96. The van der Waals surface area contributed by atoms with Crippen molar-refractivity contribution in [3.05, 3.63) is 56.7 Å². The molecule has 1 amide bonds. The van der Waals surface area contributed by atoms with Gasteiger partial charge in [-0.05, 0) is 37.0 Å². The molecular formula is C22H23N5O2S2. The van der Waals surface area contributed by atoms with Crippen molar-refractivity contribution >= 4 is 50.3 Å². The van der Waals surface area contributed by atoms with Gasteiger partial charge in [0.25, 0.3) is 5.56 Å². The zero-order valence-electron chi connectivity index (χ0n) is 17.2. The van der Waals surface area contributed by atoms with E-state index in [9.17, 15) is 9.59 Å². The molecule has 0 atom stereocenters. The molecule has 0 bridgehead atoms. The van der Waals surface area contributed by atoms with Crippen molar-refractivity contribution in [2.45, 2.75) is 38.0 Å². The van der Waals surface area contributed by atoms with Gasteiger partial charge in [0.15, 0.2) is 0 Å². The number of thioether (sulfide) groups is 1. The van der Waals surface area contributed by atoms with Crippen LogP contribution in [0.15, 0.2) is 29.1 Å². The third kappa shape index (κ3) is 3.99. The minimum Gasteiger partial charge on any atom is -0.349 e. The summed E-state index contributed by atoms with van der Waals surface area (Å²) < 4.78 is 2.00. The fourth-order valence-corrected chi connectivity index (χ4v) is 6.15. The van der Waals surface area contributed by atoms with Crippen molar-refractivity contribution in [1.29, 1.82) is 0 Å². The van der Waals surface area contributed by atoms with Crippen LogP contribution in [0.1, 0.15) is 34.9 Å². The van der Waals surface area contributed by atoms with Crippen LogP contribution >= 0.6 is 23.1 Å². The first kappa shape index (κ1) is 20.3.